The Labute approximate surface area is 101 Å². The zero-order valence-electron chi connectivity index (χ0n) is 11.8. The van der Waals surface area contributed by atoms with Gasteiger partial charge in [-0.05, 0) is 17.3 Å². The lowest BCUT2D eigenvalue weighted by Gasteiger charge is -2.20. The van der Waals surface area contributed by atoms with Crippen LogP contribution in [0.5, 0.6) is 0 Å². The van der Waals surface area contributed by atoms with Crippen molar-refractivity contribution in [3.63, 3.8) is 0 Å². The van der Waals surface area contributed by atoms with Crippen LogP contribution in [0.15, 0.2) is 0 Å². The third-order valence-corrected chi connectivity index (χ3v) is 5.10. The second-order valence-corrected chi connectivity index (χ2v) is 7.15. The summed E-state index contributed by atoms with van der Waals surface area (Å²) in [5.74, 6) is 0. The van der Waals surface area contributed by atoms with E-state index in [0.717, 1.165) is 6.04 Å². The maximum Gasteiger partial charge on any atom is 0.0210 e. The quantitative estimate of drug-likeness (QED) is 0.792. The molecule has 2 fully saturated rings. The van der Waals surface area contributed by atoms with Crippen molar-refractivity contribution in [3.8, 4) is 0 Å². The molecule has 1 aliphatic heterocycles. The summed E-state index contributed by atoms with van der Waals surface area (Å²) in [5, 5.41) is 3.67. The molecule has 1 atom stereocenters. The molecule has 0 spiro atoms. The van der Waals surface area contributed by atoms with Crippen LogP contribution < -0.4 is 5.32 Å². The van der Waals surface area contributed by atoms with Gasteiger partial charge in [0.25, 0.3) is 0 Å². The van der Waals surface area contributed by atoms with Crippen molar-refractivity contribution >= 4 is 0 Å². The van der Waals surface area contributed by atoms with E-state index in [1.54, 1.807) is 0 Å². The SMILES string of the molecule is CC(C)NC1CCN(C2C(C)(C)C2(C)C)C1. The minimum Gasteiger partial charge on any atom is -0.310 e. The lowest BCUT2D eigenvalue weighted by Crippen LogP contribution is -2.38. The molecule has 1 N–H and O–H groups in total. The summed E-state index contributed by atoms with van der Waals surface area (Å²) >= 11 is 0. The molecule has 1 aliphatic carbocycles. The Balaban J connectivity index is 1.91. The summed E-state index contributed by atoms with van der Waals surface area (Å²) in [6.07, 6.45) is 1.32. The monoisotopic (exact) mass is 224 g/mol. The van der Waals surface area contributed by atoms with E-state index in [1.165, 1.54) is 19.5 Å². The first kappa shape index (κ1) is 12.4. The zero-order valence-corrected chi connectivity index (χ0v) is 11.8. The molecule has 1 heterocycles. The lowest BCUT2D eigenvalue weighted by atomic mass is 10.0. The van der Waals surface area contributed by atoms with Crippen molar-refractivity contribution in [1.29, 1.82) is 0 Å². The minimum absolute atomic E-state index is 0.500. The first-order valence-electron chi connectivity index (χ1n) is 6.77. The molecule has 16 heavy (non-hydrogen) atoms. The molecular weight excluding hydrogens is 196 g/mol. The molecule has 1 saturated carbocycles. The van der Waals surface area contributed by atoms with Crippen LogP contribution >= 0.6 is 0 Å². The van der Waals surface area contributed by atoms with E-state index >= 15 is 0 Å². The molecule has 0 amide bonds. The average molecular weight is 224 g/mol. The molecule has 2 rings (SSSR count). The van der Waals surface area contributed by atoms with E-state index in [9.17, 15) is 0 Å². The fourth-order valence-electron chi connectivity index (χ4n) is 3.70. The predicted octanol–water partition coefficient (Wildman–Crippen LogP) is 2.49. The van der Waals surface area contributed by atoms with Gasteiger partial charge in [-0.25, -0.2) is 0 Å². The van der Waals surface area contributed by atoms with Gasteiger partial charge < -0.3 is 5.32 Å². The number of rotatable bonds is 3. The number of hydrogen-bond donors (Lipinski definition) is 1. The normalized spacial score (nSPS) is 33.6. The van der Waals surface area contributed by atoms with E-state index in [2.05, 4.69) is 51.8 Å². The van der Waals surface area contributed by atoms with Crippen LogP contribution in [0.3, 0.4) is 0 Å². The Kier molecular flexibility index (Phi) is 2.87. The second-order valence-electron chi connectivity index (χ2n) is 7.15. The average Bonchev–Trinajstić information content (AvgIpc) is 2.47. The Hall–Kier alpha value is -0.0800. The number of hydrogen-bond acceptors (Lipinski definition) is 2. The molecular formula is C14H28N2. The molecule has 0 aromatic carbocycles. The van der Waals surface area contributed by atoms with Gasteiger partial charge in [-0.2, -0.15) is 0 Å². The zero-order chi connectivity index (χ0) is 12.1. The van der Waals surface area contributed by atoms with E-state index in [0.29, 0.717) is 22.9 Å². The largest absolute Gasteiger partial charge is 0.310 e. The minimum atomic E-state index is 0.500. The third-order valence-electron chi connectivity index (χ3n) is 5.10. The first-order chi connectivity index (χ1) is 7.26. The smallest absolute Gasteiger partial charge is 0.0210 e. The highest BCUT2D eigenvalue weighted by molar-refractivity contribution is 5.19. The maximum absolute atomic E-state index is 3.67. The Morgan fingerprint density at radius 1 is 1.12 bits per heavy atom. The van der Waals surface area contributed by atoms with Gasteiger partial charge in [-0.15, -0.1) is 0 Å². The summed E-state index contributed by atoms with van der Waals surface area (Å²) < 4.78 is 0. The van der Waals surface area contributed by atoms with Crippen LogP contribution in [-0.2, 0) is 0 Å². The van der Waals surface area contributed by atoms with Crippen LogP contribution in [-0.4, -0.2) is 36.1 Å². The summed E-state index contributed by atoms with van der Waals surface area (Å²) in [5.41, 5.74) is 0.999. The van der Waals surface area contributed by atoms with E-state index in [-0.39, 0.29) is 0 Å². The van der Waals surface area contributed by atoms with Gasteiger partial charge in [0.2, 0.25) is 0 Å². The molecule has 0 aromatic rings. The van der Waals surface area contributed by atoms with Crippen molar-refractivity contribution in [3.05, 3.63) is 0 Å². The molecule has 94 valence electrons. The van der Waals surface area contributed by atoms with Crippen LogP contribution in [0.1, 0.15) is 48.0 Å². The van der Waals surface area contributed by atoms with Crippen molar-refractivity contribution < 1.29 is 0 Å². The molecule has 0 radical (unpaired) electrons. The van der Waals surface area contributed by atoms with Crippen molar-refractivity contribution in [2.24, 2.45) is 10.8 Å². The standard InChI is InChI=1S/C14H28N2/c1-10(2)15-11-7-8-16(9-11)12-13(3,4)14(12,5)6/h10-12,15H,7-9H2,1-6H3. The topological polar surface area (TPSA) is 15.3 Å². The van der Waals surface area contributed by atoms with Gasteiger partial charge >= 0.3 is 0 Å². The molecule has 1 saturated heterocycles. The molecule has 2 aliphatic rings. The van der Waals surface area contributed by atoms with Crippen LogP contribution in [0.25, 0.3) is 0 Å². The Morgan fingerprint density at radius 3 is 2.12 bits per heavy atom. The summed E-state index contributed by atoms with van der Waals surface area (Å²) in [4.78, 5) is 2.71. The van der Waals surface area contributed by atoms with E-state index in [4.69, 9.17) is 0 Å². The predicted molar refractivity (Wildman–Crippen MR) is 69.6 cm³/mol. The summed E-state index contributed by atoms with van der Waals surface area (Å²) in [6, 6.07) is 2.12. The Morgan fingerprint density at radius 2 is 1.69 bits per heavy atom. The molecule has 0 aromatic heterocycles. The van der Waals surface area contributed by atoms with Gasteiger partial charge in [0.1, 0.15) is 0 Å². The van der Waals surface area contributed by atoms with Crippen molar-refractivity contribution in [2.45, 2.75) is 66.1 Å². The highest BCUT2D eigenvalue weighted by Gasteiger charge is 2.67. The van der Waals surface area contributed by atoms with E-state index < -0.39 is 0 Å². The first-order valence-corrected chi connectivity index (χ1v) is 6.77. The molecule has 2 heteroatoms. The van der Waals surface area contributed by atoms with Gasteiger partial charge in [0.15, 0.2) is 0 Å². The third kappa shape index (κ3) is 1.80. The lowest BCUT2D eigenvalue weighted by molar-refractivity contribution is 0.269. The number of nitrogens with one attached hydrogen (secondary N) is 1. The number of nitrogens with zero attached hydrogens (tertiary/aromatic N) is 1. The van der Waals surface area contributed by atoms with E-state index in [1.807, 2.05) is 0 Å². The highest BCUT2D eigenvalue weighted by atomic mass is 15.3. The molecule has 0 bridgehead atoms. The maximum atomic E-state index is 3.67. The van der Waals surface area contributed by atoms with Crippen molar-refractivity contribution in [1.82, 2.24) is 10.2 Å². The Bertz CT molecular complexity index is 254. The van der Waals surface area contributed by atoms with Gasteiger partial charge in [-0.3, -0.25) is 4.90 Å². The van der Waals surface area contributed by atoms with Gasteiger partial charge in [0, 0.05) is 31.2 Å². The number of likely N-dealkylation sites (tertiary alicyclic amines) is 1. The van der Waals surface area contributed by atoms with Crippen LogP contribution in [0, 0.1) is 10.8 Å². The fourth-order valence-corrected chi connectivity index (χ4v) is 3.70. The fraction of sp³-hybridized carbons (Fsp3) is 1.00. The van der Waals surface area contributed by atoms with Crippen molar-refractivity contribution in [2.75, 3.05) is 13.1 Å². The summed E-state index contributed by atoms with van der Waals surface area (Å²) in [7, 11) is 0. The molecule has 1 unspecified atom stereocenters. The van der Waals surface area contributed by atoms with Gasteiger partial charge in [-0.1, -0.05) is 41.5 Å². The molecule has 2 nitrogen and oxygen atoms in total. The highest BCUT2D eigenvalue weighted by Crippen LogP contribution is 2.65. The second kappa shape index (κ2) is 3.71. The van der Waals surface area contributed by atoms with Gasteiger partial charge in [0.05, 0.1) is 0 Å². The van der Waals surface area contributed by atoms with Crippen LogP contribution in [0.4, 0.5) is 0 Å². The van der Waals surface area contributed by atoms with Crippen LogP contribution in [0.2, 0.25) is 0 Å². The summed E-state index contributed by atoms with van der Waals surface area (Å²) in [6.45, 7) is 16.7.